The number of aryl methyl sites for hydroxylation is 1. The topological polar surface area (TPSA) is 99.5 Å². The number of fused-ring (bicyclic) bond motifs is 1. The van der Waals surface area contributed by atoms with Gasteiger partial charge in [0.1, 0.15) is 0 Å². The number of ether oxygens (including phenoxy) is 2. The highest BCUT2D eigenvalue weighted by Gasteiger charge is 2.19. The number of aromatic nitrogens is 2. The maximum atomic E-state index is 12.3. The van der Waals surface area contributed by atoms with E-state index < -0.39 is 18.5 Å². The number of nitrogens with zero attached hydrogens (tertiary/aromatic N) is 2. The van der Waals surface area contributed by atoms with Gasteiger partial charge in [-0.05, 0) is 18.9 Å². The molecular weight excluding hydrogens is 326 g/mol. The van der Waals surface area contributed by atoms with Crippen molar-refractivity contribution in [2.45, 2.75) is 18.9 Å². The normalized spacial score (nSPS) is 16.8. The van der Waals surface area contributed by atoms with E-state index in [-0.39, 0.29) is 17.4 Å². The van der Waals surface area contributed by atoms with Crippen molar-refractivity contribution < 1.29 is 19.1 Å². The smallest absolute Gasteiger partial charge is 0.359 e. The molecule has 2 heterocycles. The number of hydrogen-bond acceptors (Lipinski definition) is 6. The van der Waals surface area contributed by atoms with E-state index in [4.69, 9.17) is 9.47 Å². The van der Waals surface area contributed by atoms with Gasteiger partial charge in [0.05, 0.1) is 11.5 Å². The van der Waals surface area contributed by atoms with Crippen LogP contribution in [0.15, 0.2) is 29.1 Å². The average Bonchev–Trinajstić information content (AvgIpc) is 3.14. The van der Waals surface area contributed by atoms with Crippen molar-refractivity contribution in [3.05, 3.63) is 40.3 Å². The first-order valence-electron chi connectivity index (χ1n) is 8.07. The van der Waals surface area contributed by atoms with Gasteiger partial charge in [0.15, 0.2) is 12.3 Å². The Bertz CT molecular complexity index is 855. The summed E-state index contributed by atoms with van der Waals surface area (Å²) in [5.41, 5.74) is -0.300. The van der Waals surface area contributed by atoms with Crippen LogP contribution in [0.4, 0.5) is 0 Å². The van der Waals surface area contributed by atoms with Crippen molar-refractivity contribution in [3.63, 3.8) is 0 Å². The first-order chi connectivity index (χ1) is 12.1. The quantitative estimate of drug-likeness (QED) is 0.787. The van der Waals surface area contributed by atoms with Gasteiger partial charge in [-0.15, -0.1) is 0 Å². The number of nitrogens with one attached hydrogen (secondary N) is 1. The molecule has 1 aromatic carbocycles. The Kier molecular flexibility index (Phi) is 5.08. The first-order valence-corrected chi connectivity index (χ1v) is 8.07. The Morgan fingerprint density at radius 1 is 1.36 bits per heavy atom. The fourth-order valence-corrected chi connectivity index (χ4v) is 2.73. The summed E-state index contributed by atoms with van der Waals surface area (Å²) in [5.74, 6) is -1.16. The second-order valence-electron chi connectivity index (χ2n) is 5.84. The molecule has 1 atom stereocenters. The van der Waals surface area contributed by atoms with E-state index in [0.29, 0.717) is 23.9 Å². The van der Waals surface area contributed by atoms with E-state index in [9.17, 15) is 14.4 Å². The van der Waals surface area contributed by atoms with Crippen molar-refractivity contribution >= 4 is 22.6 Å². The summed E-state index contributed by atoms with van der Waals surface area (Å²) in [7, 11) is 1.46. The number of carbonyl (C=O) groups is 2. The molecule has 1 aliphatic heterocycles. The standard InChI is InChI=1S/C17H19N3O5/c1-20-16(22)13-7-3-2-6-12(13)15(19-20)17(23)25-10-14(21)18-9-11-5-4-8-24-11/h2-3,6-7,11H,4-5,8-10H2,1H3,(H,18,21)/t11-/m1/s1. The van der Waals surface area contributed by atoms with Crippen LogP contribution in [0, 0.1) is 0 Å². The number of amides is 1. The monoisotopic (exact) mass is 345 g/mol. The number of hydrogen-bond donors (Lipinski definition) is 1. The van der Waals surface area contributed by atoms with Crippen LogP contribution in [-0.4, -0.2) is 47.5 Å². The van der Waals surface area contributed by atoms with Gasteiger partial charge in [-0.25, -0.2) is 9.48 Å². The molecule has 0 spiro atoms. The molecule has 0 aliphatic carbocycles. The lowest BCUT2D eigenvalue weighted by molar-refractivity contribution is -0.124. The van der Waals surface area contributed by atoms with E-state index in [1.54, 1.807) is 24.3 Å². The van der Waals surface area contributed by atoms with Crippen LogP contribution < -0.4 is 10.9 Å². The highest BCUT2D eigenvalue weighted by atomic mass is 16.5. The SMILES string of the molecule is Cn1nc(C(=O)OCC(=O)NC[C@H]2CCCO2)c2ccccc2c1=O. The summed E-state index contributed by atoms with van der Waals surface area (Å²) in [6.07, 6.45) is 1.92. The first kappa shape index (κ1) is 17.1. The zero-order valence-corrected chi connectivity index (χ0v) is 13.9. The molecule has 0 saturated carbocycles. The van der Waals surface area contributed by atoms with E-state index >= 15 is 0 Å². The Labute approximate surface area is 143 Å². The fraction of sp³-hybridized carbons (Fsp3) is 0.412. The lowest BCUT2D eigenvalue weighted by Gasteiger charge is -2.11. The highest BCUT2D eigenvalue weighted by Crippen LogP contribution is 2.14. The molecule has 8 nitrogen and oxygen atoms in total. The molecule has 2 aromatic rings. The van der Waals surface area contributed by atoms with Crippen molar-refractivity contribution in [3.8, 4) is 0 Å². The van der Waals surface area contributed by atoms with Gasteiger partial charge in [0.2, 0.25) is 0 Å². The third-order valence-corrected chi connectivity index (χ3v) is 4.04. The molecule has 1 aliphatic rings. The molecule has 1 amide bonds. The molecule has 0 radical (unpaired) electrons. The Morgan fingerprint density at radius 2 is 2.12 bits per heavy atom. The van der Waals surface area contributed by atoms with Crippen LogP contribution in [0.5, 0.6) is 0 Å². The number of rotatable bonds is 5. The molecule has 0 unspecified atom stereocenters. The van der Waals surface area contributed by atoms with Crippen molar-refractivity contribution in [1.82, 2.24) is 15.1 Å². The van der Waals surface area contributed by atoms with Gasteiger partial charge >= 0.3 is 5.97 Å². The van der Waals surface area contributed by atoms with Crippen molar-refractivity contribution in [2.24, 2.45) is 7.05 Å². The van der Waals surface area contributed by atoms with Crippen LogP contribution in [0.2, 0.25) is 0 Å². The minimum Gasteiger partial charge on any atom is -0.451 e. The summed E-state index contributed by atoms with van der Waals surface area (Å²) < 4.78 is 11.5. The van der Waals surface area contributed by atoms with E-state index in [1.807, 2.05) is 0 Å². The summed E-state index contributed by atoms with van der Waals surface area (Å²) in [6.45, 7) is 0.697. The third-order valence-electron chi connectivity index (χ3n) is 4.04. The Hall–Kier alpha value is -2.74. The molecule has 1 saturated heterocycles. The van der Waals surface area contributed by atoms with Crippen molar-refractivity contribution in [2.75, 3.05) is 19.8 Å². The van der Waals surface area contributed by atoms with Crippen LogP contribution >= 0.6 is 0 Å². The molecule has 1 fully saturated rings. The van der Waals surface area contributed by atoms with Gasteiger partial charge in [0, 0.05) is 25.6 Å². The van der Waals surface area contributed by atoms with Crippen LogP contribution in [0.3, 0.4) is 0 Å². The lowest BCUT2D eigenvalue weighted by Crippen LogP contribution is -2.35. The number of esters is 1. The van der Waals surface area contributed by atoms with Gasteiger partial charge in [-0.3, -0.25) is 9.59 Å². The molecule has 1 aromatic heterocycles. The molecule has 132 valence electrons. The van der Waals surface area contributed by atoms with Crippen LogP contribution in [-0.2, 0) is 21.3 Å². The zero-order chi connectivity index (χ0) is 17.8. The zero-order valence-electron chi connectivity index (χ0n) is 13.9. The molecule has 1 N–H and O–H groups in total. The minimum atomic E-state index is -0.751. The van der Waals surface area contributed by atoms with Crippen molar-refractivity contribution in [1.29, 1.82) is 0 Å². The third kappa shape index (κ3) is 3.85. The average molecular weight is 345 g/mol. The number of carbonyl (C=O) groups excluding carboxylic acids is 2. The van der Waals surface area contributed by atoms with E-state index in [2.05, 4.69) is 10.4 Å². The second kappa shape index (κ2) is 7.43. The molecular formula is C17H19N3O5. The maximum absolute atomic E-state index is 12.3. The molecule has 25 heavy (non-hydrogen) atoms. The Morgan fingerprint density at radius 3 is 2.84 bits per heavy atom. The summed E-state index contributed by atoms with van der Waals surface area (Å²) in [4.78, 5) is 36.1. The van der Waals surface area contributed by atoms with Gasteiger partial charge in [0.25, 0.3) is 11.5 Å². The molecule has 8 heteroatoms. The lowest BCUT2D eigenvalue weighted by atomic mass is 10.1. The maximum Gasteiger partial charge on any atom is 0.359 e. The van der Waals surface area contributed by atoms with Gasteiger partial charge < -0.3 is 14.8 Å². The summed E-state index contributed by atoms with van der Waals surface area (Å²) in [5, 5.41) is 7.41. The summed E-state index contributed by atoms with van der Waals surface area (Å²) >= 11 is 0. The fourth-order valence-electron chi connectivity index (χ4n) is 2.73. The largest absolute Gasteiger partial charge is 0.451 e. The predicted octanol–water partition coefficient (Wildman–Crippen LogP) is 0.385. The van der Waals surface area contributed by atoms with Gasteiger partial charge in [-0.2, -0.15) is 5.10 Å². The van der Waals surface area contributed by atoms with E-state index in [1.165, 1.54) is 7.05 Å². The van der Waals surface area contributed by atoms with Gasteiger partial charge in [-0.1, -0.05) is 18.2 Å². The predicted molar refractivity (Wildman–Crippen MR) is 89.3 cm³/mol. The van der Waals surface area contributed by atoms with Crippen LogP contribution in [0.1, 0.15) is 23.3 Å². The summed E-state index contributed by atoms with van der Waals surface area (Å²) in [6, 6.07) is 6.65. The minimum absolute atomic E-state index is 0.00428. The second-order valence-corrected chi connectivity index (χ2v) is 5.84. The van der Waals surface area contributed by atoms with Crippen LogP contribution in [0.25, 0.3) is 10.8 Å². The molecule has 3 rings (SSSR count). The van der Waals surface area contributed by atoms with E-state index in [0.717, 1.165) is 17.5 Å². The Balaban J connectivity index is 1.65. The molecule has 0 bridgehead atoms. The number of benzene rings is 1. The highest BCUT2D eigenvalue weighted by molar-refractivity contribution is 6.02.